The summed E-state index contributed by atoms with van der Waals surface area (Å²) in [6, 6.07) is 8.03. The number of rotatable bonds is 10. The Hall–Kier alpha value is -3.90. The number of carbonyl (C=O) groups is 5. The van der Waals surface area contributed by atoms with Crippen LogP contribution >= 0.6 is 23.2 Å². The zero-order valence-electron chi connectivity index (χ0n) is 28.1. The van der Waals surface area contributed by atoms with Crippen molar-refractivity contribution < 1.29 is 33.5 Å². The second kappa shape index (κ2) is 13.7. The molecule has 50 heavy (non-hydrogen) atoms. The highest BCUT2D eigenvalue weighted by Crippen LogP contribution is 2.69. The number of amides is 5. The van der Waals surface area contributed by atoms with Crippen LogP contribution in [0.5, 0.6) is 0 Å². The molecule has 3 saturated carbocycles. The van der Waals surface area contributed by atoms with Gasteiger partial charge in [0.05, 0.1) is 15.7 Å². The van der Waals surface area contributed by atoms with Crippen LogP contribution in [0.15, 0.2) is 36.4 Å². The van der Waals surface area contributed by atoms with Gasteiger partial charge in [-0.25, -0.2) is 9.18 Å². The molecule has 2 atom stereocenters. The minimum absolute atomic E-state index is 0.0175. The van der Waals surface area contributed by atoms with Gasteiger partial charge in [0.1, 0.15) is 12.1 Å². The molecule has 11 nitrogen and oxygen atoms in total. The summed E-state index contributed by atoms with van der Waals surface area (Å²) in [6.45, 7) is 4.87. The van der Waals surface area contributed by atoms with E-state index in [9.17, 15) is 33.5 Å². The number of likely N-dealkylation sites (tertiary alicyclic amines) is 1. The van der Waals surface area contributed by atoms with Crippen molar-refractivity contribution in [3.63, 3.8) is 0 Å². The number of fused-ring (bicyclic) bond motifs is 1. The molecule has 0 radical (unpaired) electrons. The van der Waals surface area contributed by atoms with Crippen LogP contribution in [0, 0.1) is 11.2 Å². The standard InChI is InChI=1S/C36H42Cl2FN5O6/c1-34(2)13-5-6-14-44(34)28(46)12-11-27(45)43-17-22-8-4-3-7-21(22)15-26(43)32(48)41-25(16-35-18-36(19-35,20-35)42-33(49)50)31(47)40-24-10-9-23(37)29(38)30(24)39/h3-4,7-10,25-26,42H,5-6,11-20H2,1-2H3,(H,40,47)(H,41,48)(H,49,50)/t25?,26-,35?,36?/m0/s1. The van der Waals surface area contributed by atoms with Gasteiger partial charge in [-0.05, 0) is 87.5 Å². The topological polar surface area (TPSA) is 148 Å². The van der Waals surface area contributed by atoms with E-state index >= 15 is 0 Å². The molecular weight excluding hydrogens is 688 g/mol. The Morgan fingerprint density at radius 3 is 2.34 bits per heavy atom. The fraction of sp³-hybridized carbons (Fsp3) is 0.528. The lowest BCUT2D eigenvalue weighted by Crippen LogP contribution is -2.75. The third-order valence-electron chi connectivity index (χ3n) is 11.0. The molecule has 7 rings (SSSR count). The Bertz CT molecular complexity index is 1720. The quantitative estimate of drug-likeness (QED) is 0.232. The summed E-state index contributed by atoms with van der Waals surface area (Å²) in [6.07, 6.45) is 3.54. The molecule has 1 unspecified atom stereocenters. The lowest BCUT2D eigenvalue weighted by molar-refractivity contribution is -0.162. The first kappa shape index (κ1) is 35.9. The van der Waals surface area contributed by atoms with Gasteiger partial charge in [-0.3, -0.25) is 19.2 Å². The van der Waals surface area contributed by atoms with Gasteiger partial charge in [0.25, 0.3) is 0 Å². The van der Waals surface area contributed by atoms with E-state index in [0.29, 0.717) is 25.8 Å². The van der Waals surface area contributed by atoms with Gasteiger partial charge in [0, 0.05) is 43.4 Å². The number of nitrogens with zero attached hydrogens (tertiary/aromatic N) is 2. The molecule has 2 aromatic carbocycles. The average molecular weight is 731 g/mol. The largest absolute Gasteiger partial charge is 0.465 e. The molecule has 0 spiro atoms. The molecule has 5 amide bonds. The van der Waals surface area contributed by atoms with Crippen LogP contribution < -0.4 is 16.0 Å². The third kappa shape index (κ3) is 7.14. The Balaban J connectivity index is 1.20. The van der Waals surface area contributed by atoms with Crippen molar-refractivity contribution in [1.82, 2.24) is 20.4 Å². The van der Waals surface area contributed by atoms with E-state index in [0.717, 1.165) is 30.4 Å². The van der Waals surface area contributed by atoms with Crippen LogP contribution in [0.4, 0.5) is 14.9 Å². The zero-order valence-corrected chi connectivity index (χ0v) is 29.6. The van der Waals surface area contributed by atoms with Crippen molar-refractivity contribution in [2.45, 2.75) is 108 Å². The maximum atomic E-state index is 15.0. The maximum absolute atomic E-state index is 15.0. The second-order valence-corrected chi connectivity index (χ2v) is 15.8. The summed E-state index contributed by atoms with van der Waals surface area (Å²) in [5.74, 6) is -2.61. The van der Waals surface area contributed by atoms with E-state index in [4.69, 9.17) is 23.2 Å². The highest BCUT2D eigenvalue weighted by atomic mass is 35.5. The van der Waals surface area contributed by atoms with E-state index < -0.39 is 46.8 Å². The Labute approximate surface area is 300 Å². The lowest BCUT2D eigenvalue weighted by Gasteiger charge is -2.71. The number of carboxylic acid groups (broad SMARTS) is 1. The van der Waals surface area contributed by atoms with Gasteiger partial charge in [-0.2, -0.15) is 0 Å². The van der Waals surface area contributed by atoms with Crippen molar-refractivity contribution in [1.29, 1.82) is 0 Å². The van der Waals surface area contributed by atoms with Crippen molar-refractivity contribution in [3.8, 4) is 0 Å². The molecule has 2 aromatic rings. The van der Waals surface area contributed by atoms with Crippen molar-refractivity contribution in [3.05, 3.63) is 63.4 Å². The molecule has 3 aliphatic carbocycles. The fourth-order valence-electron chi connectivity index (χ4n) is 8.57. The summed E-state index contributed by atoms with van der Waals surface area (Å²) >= 11 is 11.9. The maximum Gasteiger partial charge on any atom is 0.405 e. The normalized spacial score (nSPS) is 25.3. The van der Waals surface area contributed by atoms with Crippen LogP contribution in [-0.2, 0) is 32.1 Å². The SMILES string of the molecule is CC1(C)CCCCN1C(=O)CCC(=O)N1Cc2ccccc2C[C@H]1C(=O)NC(CC12CC(NC(=O)O)(C1)C2)C(=O)Nc1ccc(Cl)c(Cl)c1F. The molecule has 2 heterocycles. The van der Waals surface area contributed by atoms with Crippen molar-refractivity contribution >= 4 is 58.6 Å². The van der Waals surface area contributed by atoms with Crippen molar-refractivity contribution in [2.75, 3.05) is 11.9 Å². The summed E-state index contributed by atoms with van der Waals surface area (Å²) in [5, 5.41) is 16.8. The molecule has 4 fully saturated rings. The van der Waals surface area contributed by atoms with Crippen molar-refractivity contribution in [2.24, 2.45) is 5.41 Å². The Morgan fingerprint density at radius 1 is 0.980 bits per heavy atom. The Kier molecular flexibility index (Phi) is 9.82. The monoisotopic (exact) mass is 729 g/mol. The van der Waals surface area contributed by atoms with Crippen LogP contribution in [0.3, 0.4) is 0 Å². The number of carbonyl (C=O) groups excluding carboxylic acids is 4. The molecule has 14 heteroatoms. The first-order chi connectivity index (χ1) is 23.6. The number of halogens is 3. The number of benzene rings is 2. The molecular formula is C36H42Cl2FN5O6. The van der Waals surface area contributed by atoms with E-state index in [1.54, 1.807) is 0 Å². The number of hydrogen-bond donors (Lipinski definition) is 4. The van der Waals surface area contributed by atoms with Crippen LogP contribution in [0.25, 0.3) is 0 Å². The van der Waals surface area contributed by atoms with Crippen LogP contribution in [0.2, 0.25) is 10.0 Å². The first-order valence-electron chi connectivity index (χ1n) is 17.0. The summed E-state index contributed by atoms with van der Waals surface area (Å²) in [4.78, 5) is 69.6. The van der Waals surface area contributed by atoms with Gasteiger partial charge in [-0.1, -0.05) is 47.5 Å². The number of piperidine rings is 1. The van der Waals surface area contributed by atoms with Gasteiger partial charge in [0.15, 0.2) is 5.82 Å². The van der Waals surface area contributed by atoms with Gasteiger partial charge in [-0.15, -0.1) is 0 Å². The predicted molar refractivity (Wildman–Crippen MR) is 185 cm³/mol. The number of anilines is 1. The number of nitrogens with one attached hydrogen (secondary N) is 3. The molecule has 2 aliphatic heterocycles. The number of hydrogen-bond acceptors (Lipinski definition) is 5. The highest BCUT2D eigenvalue weighted by Gasteiger charge is 2.69. The molecule has 5 aliphatic rings. The van der Waals surface area contributed by atoms with Crippen LogP contribution in [0.1, 0.15) is 82.8 Å². The fourth-order valence-corrected chi connectivity index (χ4v) is 8.88. The summed E-state index contributed by atoms with van der Waals surface area (Å²) in [5.41, 5.74) is 0.334. The summed E-state index contributed by atoms with van der Waals surface area (Å²) < 4.78 is 15.0. The molecule has 1 saturated heterocycles. The zero-order chi connectivity index (χ0) is 36.0. The molecule has 0 aromatic heterocycles. The first-order valence-corrected chi connectivity index (χ1v) is 17.8. The van der Waals surface area contributed by atoms with E-state index in [-0.39, 0.29) is 65.3 Å². The molecule has 268 valence electrons. The third-order valence-corrected chi connectivity index (χ3v) is 11.7. The lowest BCUT2D eigenvalue weighted by atomic mass is 9.38. The Morgan fingerprint density at radius 2 is 1.66 bits per heavy atom. The second-order valence-electron chi connectivity index (χ2n) is 15.0. The minimum atomic E-state index is -1.14. The summed E-state index contributed by atoms with van der Waals surface area (Å²) in [7, 11) is 0. The average Bonchev–Trinajstić information content (AvgIpc) is 3.04. The van der Waals surface area contributed by atoms with E-state index in [1.165, 1.54) is 17.0 Å². The van der Waals surface area contributed by atoms with E-state index in [1.807, 2.05) is 43.0 Å². The smallest absolute Gasteiger partial charge is 0.405 e. The van der Waals surface area contributed by atoms with Gasteiger partial charge in [0.2, 0.25) is 23.6 Å². The highest BCUT2D eigenvalue weighted by molar-refractivity contribution is 6.42. The molecule has 4 N–H and O–H groups in total. The van der Waals surface area contributed by atoms with Gasteiger partial charge < -0.3 is 30.9 Å². The minimum Gasteiger partial charge on any atom is -0.465 e. The van der Waals surface area contributed by atoms with E-state index in [2.05, 4.69) is 16.0 Å². The predicted octanol–water partition coefficient (Wildman–Crippen LogP) is 5.66. The van der Waals surface area contributed by atoms with Gasteiger partial charge >= 0.3 is 6.09 Å². The molecule has 2 bridgehead atoms. The van der Waals surface area contributed by atoms with Crippen LogP contribution in [-0.4, -0.2) is 74.3 Å².